The van der Waals surface area contributed by atoms with Gasteiger partial charge in [0.05, 0.1) is 20.3 Å². The van der Waals surface area contributed by atoms with Crippen LogP contribution in [0.5, 0.6) is 5.75 Å². The van der Waals surface area contributed by atoms with Gasteiger partial charge in [0.1, 0.15) is 10.6 Å². The van der Waals surface area contributed by atoms with Crippen LogP contribution in [0.1, 0.15) is 18.4 Å². The van der Waals surface area contributed by atoms with Crippen molar-refractivity contribution in [2.24, 2.45) is 0 Å². The van der Waals surface area contributed by atoms with Gasteiger partial charge in [-0.3, -0.25) is 14.5 Å². The molecule has 0 atom stereocenters. The first kappa shape index (κ1) is 22.9. The van der Waals surface area contributed by atoms with Gasteiger partial charge in [0.15, 0.2) is 6.61 Å². The van der Waals surface area contributed by atoms with Crippen molar-refractivity contribution in [3.8, 4) is 5.75 Å². The number of hydrogen-bond acceptors (Lipinski definition) is 8. The molecule has 2 fully saturated rings. The zero-order valence-electron chi connectivity index (χ0n) is 17.1. The van der Waals surface area contributed by atoms with E-state index in [4.69, 9.17) is 14.2 Å². The quantitative estimate of drug-likeness (QED) is 0.431. The van der Waals surface area contributed by atoms with Crippen LogP contribution in [-0.4, -0.2) is 82.0 Å². The molecule has 10 nitrogen and oxygen atoms in total. The fraction of sp³-hybridized carbons (Fsp3) is 0.450. The molecule has 0 spiro atoms. The van der Waals surface area contributed by atoms with E-state index in [9.17, 15) is 22.8 Å². The lowest BCUT2D eigenvalue weighted by molar-refractivity contribution is -0.151. The lowest BCUT2D eigenvalue weighted by atomic mass is 10.2. The Morgan fingerprint density at radius 1 is 1.19 bits per heavy atom. The Labute approximate surface area is 180 Å². The van der Waals surface area contributed by atoms with E-state index >= 15 is 0 Å². The summed E-state index contributed by atoms with van der Waals surface area (Å²) in [6.45, 7) is 0.909. The maximum Gasteiger partial charge on any atom is 0.331 e. The minimum absolute atomic E-state index is 0.0184. The summed E-state index contributed by atoms with van der Waals surface area (Å²) < 4.78 is 42.6. The van der Waals surface area contributed by atoms with Gasteiger partial charge in [0, 0.05) is 32.1 Å². The van der Waals surface area contributed by atoms with Gasteiger partial charge in [-0.2, -0.15) is 4.31 Å². The molecular weight excluding hydrogens is 428 g/mol. The molecule has 2 amide bonds. The Morgan fingerprint density at radius 2 is 1.94 bits per heavy atom. The van der Waals surface area contributed by atoms with Crippen molar-refractivity contribution >= 4 is 33.9 Å². The second-order valence-electron chi connectivity index (χ2n) is 6.91. The fourth-order valence-corrected chi connectivity index (χ4v) is 4.86. The first-order chi connectivity index (χ1) is 14.8. The summed E-state index contributed by atoms with van der Waals surface area (Å²) in [5.41, 5.74) is 0.436. The van der Waals surface area contributed by atoms with E-state index in [1.54, 1.807) is 6.07 Å². The van der Waals surface area contributed by atoms with E-state index in [1.807, 2.05) is 0 Å². The monoisotopic (exact) mass is 452 g/mol. The van der Waals surface area contributed by atoms with E-state index < -0.39 is 28.5 Å². The smallest absolute Gasteiger partial charge is 0.331 e. The number of rotatable bonds is 7. The summed E-state index contributed by atoms with van der Waals surface area (Å²) in [6.07, 6.45) is 3.38. The minimum Gasteiger partial charge on any atom is -0.495 e. The minimum atomic E-state index is -3.81. The number of benzene rings is 1. The van der Waals surface area contributed by atoms with Crippen LogP contribution in [0, 0.1) is 0 Å². The Kier molecular flexibility index (Phi) is 7.42. The molecule has 0 saturated carbocycles. The van der Waals surface area contributed by atoms with Crippen molar-refractivity contribution in [2.75, 3.05) is 46.6 Å². The Balaban J connectivity index is 1.67. The highest BCUT2D eigenvalue weighted by molar-refractivity contribution is 7.89. The lowest BCUT2D eigenvalue weighted by Crippen LogP contribution is -2.40. The maximum absolute atomic E-state index is 13.0. The summed E-state index contributed by atoms with van der Waals surface area (Å²) in [7, 11) is -2.43. The summed E-state index contributed by atoms with van der Waals surface area (Å²) in [4.78, 5) is 36.4. The molecule has 0 aromatic heterocycles. The van der Waals surface area contributed by atoms with E-state index in [1.165, 1.54) is 29.6 Å². The zero-order chi connectivity index (χ0) is 22.4. The van der Waals surface area contributed by atoms with Crippen LogP contribution in [0.2, 0.25) is 0 Å². The highest BCUT2D eigenvalue weighted by atomic mass is 32.2. The van der Waals surface area contributed by atoms with Crippen molar-refractivity contribution in [3.63, 3.8) is 0 Å². The van der Waals surface area contributed by atoms with Gasteiger partial charge in [0.2, 0.25) is 15.9 Å². The normalized spacial score (nSPS) is 17.8. The Bertz CT molecular complexity index is 983. The van der Waals surface area contributed by atoms with Crippen LogP contribution in [-0.2, 0) is 33.9 Å². The van der Waals surface area contributed by atoms with Crippen LogP contribution >= 0.6 is 0 Å². The summed E-state index contributed by atoms with van der Waals surface area (Å²) in [5.74, 6) is -1.43. The molecule has 31 heavy (non-hydrogen) atoms. The molecule has 1 aromatic rings. The van der Waals surface area contributed by atoms with Crippen molar-refractivity contribution in [3.05, 3.63) is 29.8 Å². The second-order valence-corrected chi connectivity index (χ2v) is 8.82. The first-order valence-electron chi connectivity index (χ1n) is 9.77. The predicted octanol–water partition coefficient (Wildman–Crippen LogP) is 0.422. The average molecular weight is 452 g/mol. The number of amides is 2. The number of sulfonamides is 1. The number of carbonyl (C=O) groups is 3. The van der Waals surface area contributed by atoms with Crippen LogP contribution < -0.4 is 4.74 Å². The van der Waals surface area contributed by atoms with E-state index in [0.717, 1.165) is 11.0 Å². The number of esters is 1. The van der Waals surface area contributed by atoms with Gasteiger partial charge in [-0.05, 0) is 30.2 Å². The van der Waals surface area contributed by atoms with Gasteiger partial charge in [-0.25, -0.2) is 13.2 Å². The molecular formula is C20H24N2O8S. The molecule has 2 heterocycles. The SMILES string of the molecule is COc1ccc(C=CC(=O)OCC(=O)N2CCCC2=O)cc1S(=O)(=O)N1CCOCC1. The van der Waals surface area contributed by atoms with Gasteiger partial charge in [0.25, 0.3) is 5.91 Å². The summed E-state index contributed by atoms with van der Waals surface area (Å²) in [6, 6.07) is 4.50. The standard InChI is InChI=1S/C20H24N2O8S/c1-28-16-6-4-15(13-17(16)31(26,27)21-9-11-29-12-10-21)5-7-20(25)30-14-19(24)22-8-2-3-18(22)23/h4-7,13H,2-3,8-12,14H2,1H3. The fourth-order valence-electron chi connectivity index (χ4n) is 3.26. The van der Waals surface area contributed by atoms with Gasteiger partial charge >= 0.3 is 5.97 Å². The number of likely N-dealkylation sites (tertiary alicyclic amines) is 1. The van der Waals surface area contributed by atoms with Gasteiger partial charge in [-0.1, -0.05) is 6.07 Å². The number of hydrogen-bond donors (Lipinski definition) is 0. The van der Waals surface area contributed by atoms with Crippen LogP contribution in [0.3, 0.4) is 0 Å². The van der Waals surface area contributed by atoms with E-state index in [2.05, 4.69) is 0 Å². The summed E-state index contributed by atoms with van der Waals surface area (Å²) >= 11 is 0. The maximum atomic E-state index is 13.0. The molecule has 3 rings (SSSR count). The number of ether oxygens (including phenoxy) is 3. The lowest BCUT2D eigenvalue weighted by Gasteiger charge is -2.26. The number of imide groups is 1. The zero-order valence-corrected chi connectivity index (χ0v) is 17.9. The van der Waals surface area contributed by atoms with Crippen LogP contribution in [0.15, 0.2) is 29.2 Å². The van der Waals surface area contributed by atoms with E-state index in [-0.39, 0.29) is 29.6 Å². The topological polar surface area (TPSA) is 120 Å². The number of nitrogens with zero attached hydrogens (tertiary/aromatic N) is 2. The number of methoxy groups -OCH3 is 1. The molecule has 2 aliphatic heterocycles. The summed E-state index contributed by atoms with van der Waals surface area (Å²) in [5, 5.41) is 0. The number of carbonyl (C=O) groups excluding carboxylic acids is 3. The van der Waals surface area contributed by atoms with Gasteiger partial charge < -0.3 is 14.2 Å². The highest BCUT2D eigenvalue weighted by Gasteiger charge is 2.29. The molecule has 168 valence electrons. The number of morpholine rings is 1. The molecule has 0 aliphatic carbocycles. The molecule has 2 saturated heterocycles. The predicted molar refractivity (Wildman–Crippen MR) is 109 cm³/mol. The van der Waals surface area contributed by atoms with Crippen LogP contribution in [0.25, 0.3) is 6.08 Å². The molecule has 11 heteroatoms. The molecule has 2 aliphatic rings. The second kappa shape index (κ2) is 10.0. The Morgan fingerprint density at radius 3 is 2.58 bits per heavy atom. The molecule has 0 N–H and O–H groups in total. The van der Waals surface area contributed by atoms with Crippen molar-refractivity contribution in [2.45, 2.75) is 17.7 Å². The third kappa shape index (κ3) is 5.49. The Hall–Kier alpha value is -2.76. The average Bonchev–Trinajstić information content (AvgIpc) is 3.22. The van der Waals surface area contributed by atoms with Crippen molar-refractivity contribution in [1.82, 2.24) is 9.21 Å². The van der Waals surface area contributed by atoms with Crippen molar-refractivity contribution < 1.29 is 37.0 Å². The third-order valence-corrected chi connectivity index (χ3v) is 6.82. The van der Waals surface area contributed by atoms with Gasteiger partial charge in [-0.15, -0.1) is 0 Å². The largest absolute Gasteiger partial charge is 0.495 e. The van der Waals surface area contributed by atoms with Crippen LogP contribution in [0.4, 0.5) is 0 Å². The molecule has 0 bridgehead atoms. The first-order valence-corrected chi connectivity index (χ1v) is 11.2. The van der Waals surface area contributed by atoms with E-state index in [0.29, 0.717) is 38.2 Å². The molecule has 1 aromatic carbocycles. The molecule has 0 unspecified atom stereocenters. The third-order valence-electron chi connectivity index (χ3n) is 4.90. The molecule has 0 radical (unpaired) electrons. The highest BCUT2D eigenvalue weighted by Crippen LogP contribution is 2.28. The van der Waals surface area contributed by atoms with Crippen molar-refractivity contribution in [1.29, 1.82) is 0 Å².